The first-order valence-corrected chi connectivity index (χ1v) is 8.86. The van der Waals surface area contributed by atoms with E-state index < -0.39 is 23.5 Å². The number of fused-ring (bicyclic) bond motifs is 2. The standard InChI is InChI=1S/C22H18O6/c1-3-27-21(25)19(23)15-9-5-7-13-12-18-14(11-17(13)15)8-6-10-16(18)20(24)22(26)28-4-2/h5-12H,3-4H2,1-2H3. The minimum absolute atomic E-state index is 0.109. The van der Waals surface area contributed by atoms with Crippen LogP contribution in [0.3, 0.4) is 0 Å². The molecule has 0 saturated heterocycles. The van der Waals surface area contributed by atoms with Gasteiger partial charge in [0.25, 0.3) is 11.6 Å². The Hall–Kier alpha value is -3.54. The Kier molecular flexibility index (Phi) is 5.49. The van der Waals surface area contributed by atoms with Gasteiger partial charge in [0, 0.05) is 11.1 Å². The Labute approximate surface area is 161 Å². The monoisotopic (exact) mass is 378 g/mol. The average Bonchev–Trinajstić information content (AvgIpc) is 2.70. The number of rotatable bonds is 6. The van der Waals surface area contributed by atoms with Crippen LogP contribution in [0.15, 0.2) is 48.5 Å². The van der Waals surface area contributed by atoms with Crippen molar-refractivity contribution in [3.05, 3.63) is 59.7 Å². The third-order valence-corrected chi connectivity index (χ3v) is 4.29. The van der Waals surface area contributed by atoms with E-state index in [0.29, 0.717) is 21.5 Å². The van der Waals surface area contributed by atoms with Crippen LogP contribution in [0.4, 0.5) is 0 Å². The maximum Gasteiger partial charge on any atom is 0.379 e. The van der Waals surface area contributed by atoms with Crippen LogP contribution in [0.5, 0.6) is 0 Å². The molecule has 3 rings (SSSR count). The number of esters is 2. The average molecular weight is 378 g/mol. The van der Waals surface area contributed by atoms with Gasteiger partial charge in [0.1, 0.15) is 0 Å². The maximum atomic E-state index is 12.4. The van der Waals surface area contributed by atoms with Crippen molar-refractivity contribution in [3.8, 4) is 0 Å². The van der Waals surface area contributed by atoms with Crippen molar-refractivity contribution in [2.45, 2.75) is 13.8 Å². The first-order chi connectivity index (χ1) is 13.5. The number of hydrogen-bond acceptors (Lipinski definition) is 6. The van der Waals surface area contributed by atoms with Gasteiger partial charge < -0.3 is 9.47 Å². The summed E-state index contributed by atoms with van der Waals surface area (Å²) in [5.41, 5.74) is 0.444. The fraction of sp³-hybridized carbons (Fsp3) is 0.182. The van der Waals surface area contributed by atoms with Gasteiger partial charge in [-0.2, -0.15) is 0 Å². The van der Waals surface area contributed by atoms with Gasteiger partial charge >= 0.3 is 11.9 Å². The van der Waals surface area contributed by atoms with Crippen LogP contribution in [-0.4, -0.2) is 36.7 Å². The summed E-state index contributed by atoms with van der Waals surface area (Å²) < 4.78 is 9.62. The molecule has 0 spiro atoms. The van der Waals surface area contributed by atoms with Crippen molar-refractivity contribution in [1.82, 2.24) is 0 Å². The Morgan fingerprint density at radius 2 is 1.07 bits per heavy atom. The first kappa shape index (κ1) is 19.2. The predicted molar refractivity (Wildman–Crippen MR) is 103 cm³/mol. The molecule has 0 aliphatic carbocycles. The van der Waals surface area contributed by atoms with Crippen molar-refractivity contribution in [2.24, 2.45) is 0 Å². The van der Waals surface area contributed by atoms with Gasteiger partial charge in [-0.15, -0.1) is 0 Å². The second-order valence-corrected chi connectivity index (χ2v) is 6.00. The summed E-state index contributed by atoms with van der Waals surface area (Å²) in [7, 11) is 0. The highest BCUT2D eigenvalue weighted by Gasteiger charge is 2.22. The molecule has 0 amide bonds. The van der Waals surface area contributed by atoms with E-state index in [4.69, 9.17) is 9.47 Å². The summed E-state index contributed by atoms with van der Waals surface area (Å²) in [6, 6.07) is 13.4. The molecule has 0 unspecified atom stereocenters. The molecule has 0 atom stereocenters. The molecule has 0 bridgehead atoms. The molecule has 0 N–H and O–H groups in total. The summed E-state index contributed by atoms with van der Waals surface area (Å²) in [4.78, 5) is 48.6. The fourth-order valence-corrected chi connectivity index (χ4v) is 3.06. The van der Waals surface area contributed by atoms with Crippen LogP contribution in [0.2, 0.25) is 0 Å². The summed E-state index contributed by atoms with van der Waals surface area (Å²) in [6.45, 7) is 3.48. The number of carbonyl (C=O) groups is 4. The molecule has 0 aliphatic rings. The molecule has 3 aromatic carbocycles. The number of ketones is 2. The number of Topliss-reactive ketones (excluding diaryl/α,β-unsaturated/α-hetero) is 2. The van der Waals surface area contributed by atoms with Gasteiger partial charge in [-0.25, -0.2) is 9.59 Å². The zero-order valence-corrected chi connectivity index (χ0v) is 15.5. The van der Waals surface area contributed by atoms with E-state index in [1.807, 2.05) is 0 Å². The van der Waals surface area contributed by atoms with Gasteiger partial charge in [-0.05, 0) is 47.5 Å². The van der Waals surface area contributed by atoms with E-state index in [0.717, 1.165) is 0 Å². The van der Waals surface area contributed by atoms with Crippen molar-refractivity contribution in [2.75, 3.05) is 13.2 Å². The molecule has 0 radical (unpaired) electrons. The summed E-state index contributed by atoms with van der Waals surface area (Å²) in [6.07, 6.45) is 0. The highest BCUT2D eigenvalue weighted by Crippen LogP contribution is 2.28. The van der Waals surface area contributed by atoms with Crippen LogP contribution in [0, 0.1) is 0 Å². The quantitative estimate of drug-likeness (QED) is 0.282. The molecular weight excluding hydrogens is 360 g/mol. The normalized spacial score (nSPS) is 10.6. The molecular formula is C22H18O6. The van der Waals surface area contributed by atoms with Crippen molar-refractivity contribution in [3.63, 3.8) is 0 Å². The zero-order valence-electron chi connectivity index (χ0n) is 15.5. The van der Waals surface area contributed by atoms with Gasteiger partial charge in [0.05, 0.1) is 13.2 Å². The molecule has 28 heavy (non-hydrogen) atoms. The van der Waals surface area contributed by atoms with Gasteiger partial charge in [-0.1, -0.05) is 36.4 Å². The summed E-state index contributed by atoms with van der Waals surface area (Å²) >= 11 is 0. The van der Waals surface area contributed by atoms with Gasteiger partial charge in [-0.3, -0.25) is 9.59 Å². The van der Waals surface area contributed by atoms with Crippen LogP contribution >= 0.6 is 0 Å². The van der Waals surface area contributed by atoms with E-state index in [1.165, 1.54) is 0 Å². The van der Waals surface area contributed by atoms with E-state index >= 15 is 0 Å². The predicted octanol–water partition coefficient (Wildman–Crippen LogP) is 3.48. The lowest BCUT2D eigenvalue weighted by Gasteiger charge is -2.10. The van der Waals surface area contributed by atoms with Gasteiger partial charge in [0.2, 0.25) is 0 Å². The number of hydrogen-bond donors (Lipinski definition) is 0. The largest absolute Gasteiger partial charge is 0.460 e. The molecule has 3 aromatic rings. The molecule has 0 saturated carbocycles. The van der Waals surface area contributed by atoms with E-state index in [1.54, 1.807) is 62.4 Å². The maximum absolute atomic E-state index is 12.4. The molecule has 142 valence electrons. The number of carbonyl (C=O) groups excluding carboxylic acids is 4. The minimum atomic E-state index is -0.915. The van der Waals surface area contributed by atoms with E-state index in [9.17, 15) is 19.2 Å². The Morgan fingerprint density at radius 3 is 1.43 bits per heavy atom. The van der Waals surface area contributed by atoms with Crippen LogP contribution < -0.4 is 0 Å². The summed E-state index contributed by atoms with van der Waals surface area (Å²) in [5, 5.41) is 2.45. The zero-order chi connectivity index (χ0) is 20.3. The molecule has 0 aromatic heterocycles. The van der Waals surface area contributed by atoms with Gasteiger partial charge in [0.15, 0.2) is 0 Å². The van der Waals surface area contributed by atoms with Crippen molar-refractivity contribution < 1.29 is 28.7 Å². The highest BCUT2D eigenvalue weighted by atomic mass is 16.5. The lowest BCUT2D eigenvalue weighted by molar-refractivity contribution is -0.138. The molecule has 6 nitrogen and oxygen atoms in total. The van der Waals surface area contributed by atoms with Crippen molar-refractivity contribution >= 4 is 45.0 Å². The lowest BCUT2D eigenvalue weighted by Crippen LogP contribution is -2.18. The van der Waals surface area contributed by atoms with E-state index in [-0.39, 0.29) is 24.3 Å². The number of ether oxygens (including phenoxy) is 2. The Bertz CT molecular complexity index is 1020. The smallest absolute Gasteiger partial charge is 0.379 e. The molecule has 0 heterocycles. The molecule has 0 fully saturated rings. The Balaban J connectivity index is 2.17. The minimum Gasteiger partial charge on any atom is -0.460 e. The van der Waals surface area contributed by atoms with Crippen LogP contribution in [0.1, 0.15) is 34.6 Å². The third kappa shape index (κ3) is 3.49. The highest BCUT2D eigenvalue weighted by molar-refractivity contribution is 6.44. The molecule has 6 heteroatoms. The third-order valence-electron chi connectivity index (χ3n) is 4.29. The topological polar surface area (TPSA) is 86.7 Å². The van der Waals surface area contributed by atoms with Crippen LogP contribution in [-0.2, 0) is 19.1 Å². The fourth-order valence-electron chi connectivity index (χ4n) is 3.06. The lowest BCUT2D eigenvalue weighted by atomic mass is 9.94. The molecule has 0 aliphatic heterocycles. The second kappa shape index (κ2) is 8.00. The van der Waals surface area contributed by atoms with Crippen LogP contribution in [0.25, 0.3) is 21.5 Å². The number of benzene rings is 3. The van der Waals surface area contributed by atoms with Crippen molar-refractivity contribution in [1.29, 1.82) is 0 Å². The van der Waals surface area contributed by atoms with E-state index in [2.05, 4.69) is 0 Å². The summed E-state index contributed by atoms with van der Waals surface area (Å²) in [5.74, 6) is -3.29. The first-order valence-electron chi connectivity index (χ1n) is 8.86. The Morgan fingerprint density at radius 1 is 0.679 bits per heavy atom. The SMILES string of the molecule is CCOC(=O)C(=O)c1cccc2cc3c(C(=O)C(=O)OCC)cccc3cc12. The second-order valence-electron chi connectivity index (χ2n) is 6.00.